The maximum absolute atomic E-state index is 13.2. The molecule has 4 heteroatoms. The van der Waals surface area contributed by atoms with Gasteiger partial charge in [-0.2, -0.15) is 0 Å². The van der Waals surface area contributed by atoms with Crippen molar-refractivity contribution in [2.75, 3.05) is 5.32 Å². The van der Waals surface area contributed by atoms with Crippen molar-refractivity contribution in [1.82, 2.24) is 4.98 Å². The minimum absolute atomic E-state index is 0.221. The van der Waals surface area contributed by atoms with Crippen LogP contribution in [0.15, 0.2) is 53.1 Å². The fraction of sp³-hybridized carbons (Fsp3) is 0.0667. The Morgan fingerprint density at radius 2 is 2.00 bits per heavy atom. The molecule has 0 radical (unpaired) electrons. The smallest absolute Gasteiger partial charge is 0.123 e. The number of benzene rings is 2. The van der Waals surface area contributed by atoms with E-state index in [0.29, 0.717) is 6.54 Å². The molecule has 0 atom stereocenters. The van der Waals surface area contributed by atoms with Crippen molar-refractivity contribution in [1.29, 1.82) is 0 Å². The van der Waals surface area contributed by atoms with Gasteiger partial charge in [0.25, 0.3) is 0 Å². The molecule has 0 saturated heterocycles. The number of nitrogens with one attached hydrogen (secondary N) is 2. The topological polar surface area (TPSA) is 27.8 Å². The van der Waals surface area contributed by atoms with Gasteiger partial charge in [-0.3, -0.25) is 0 Å². The Morgan fingerprint density at radius 1 is 1.11 bits per heavy atom. The van der Waals surface area contributed by atoms with E-state index in [1.165, 1.54) is 12.1 Å². The highest BCUT2D eigenvalue weighted by Gasteiger charge is 2.02. The highest BCUT2D eigenvalue weighted by atomic mass is 79.9. The van der Waals surface area contributed by atoms with Crippen molar-refractivity contribution in [2.24, 2.45) is 0 Å². The molecule has 2 N–H and O–H groups in total. The van der Waals surface area contributed by atoms with Crippen LogP contribution in [0, 0.1) is 5.82 Å². The summed E-state index contributed by atoms with van der Waals surface area (Å²) in [5.74, 6) is -0.221. The van der Waals surface area contributed by atoms with Crippen LogP contribution in [0.2, 0.25) is 0 Å². The Kier molecular flexibility index (Phi) is 3.25. The molecule has 0 fully saturated rings. The predicted octanol–water partition coefficient (Wildman–Crippen LogP) is 4.68. The minimum atomic E-state index is -0.221. The molecule has 1 heterocycles. The van der Waals surface area contributed by atoms with Gasteiger partial charge >= 0.3 is 0 Å². The van der Waals surface area contributed by atoms with Crippen molar-refractivity contribution in [3.8, 4) is 0 Å². The van der Waals surface area contributed by atoms with E-state index in [9.17, 15) is 4.39 Å². The summed E-state index contributed by atoms with van der Waals surface area (Å²) in [6.45, 7) is 0.578. The van der Waals surface area contributed by atoms with E-state index in [1.807, 2.05) is 24.4 Å². The molecule has 3 aromatic rings. The average molecular weight is 319 g/mol. The first-order valence-corrected chi connectivity index (χ1v) is 6.76. The fourth-order valence-corrected chi connectivity index (χ4v) is 2.43. The number of halogens is 2. The maximum atomic E-state index is 13.2. The zero-order chi connectivity index (χ0) is 13.2. The molecule has 19 heavy (non-hydrogen) atoms. The third-order valence-electron chi connectivity index (χ3n) is 3.04. The van der Waals surface area contributed by atoms with Crippen LogP contribution >= 0.6 is 15.9 Å². The van der Waals surface area contributed by atoms with Gasteiger partial charge in [0.1, 0.15) is 5.82 Å². The Hall–Kier alpha value is -1.81. The average Bonchev–Trinajstić information content (AvgIpc) is 2.87. The highest BCUT2D eigenvalue weighted by molar-refractivity contribution is 9.10. The summed E-state index contributed by atoms with van der Waals surface area (Å²) in [4.78, 5) is 3.15. The second-order valence-electron chi connectivity index (χ2n) is 4.37. The second kappa shape index (κ2) is 5.05. The number of aromatic nitrogens is 1. The van der Waals surface area contributed by atoms with E-state index in [0.717, 1.165) is 26.6 Å². The third kappa shape index (κ3) is 2.63. The molecule has 0 saturated carbocycles. The van der Waals surface area contributed by atoms with E-state index in [1.54, 1.807) is 6.07 Å². The monoisotopic (exact) mass is 318 g/mol. The Balaban J connectivity index is 1.79. The van der Waals surface area contributed by atoms with E-state index in [4.69, 9.17) is 0 Å². The van der Waals surface area contributed by atoms with Gasteiger partial charge in [-0.05, 0) is 48.0 Å². The van der Waals surface area contributed by atoms with Crippen molar-refractivity contribution >= 4 is 32.5 Å². The van der Waals surface area contributed by atoms with E-state index in [-0.39, 0.29) is 5.82 Å². The number of aromatic amines is 1. The molecular weight excluding hydrogens is 307 g/mol. The molecule has 0 bridgehead atoms. The molecule has 96 valence electrons. The summed E-state index contributed by atoms with van der Waals surface area (Å²) in [7, 11) is 0. The fourth-order valence-electron chi connectivity index (χ4n) is 2.04. The normalized spacial score (nSPS) is 10.8. The lowest BCUT2D eigenvalue weighted by Crippen LogP contribution is -2.00. The number of H-pyrrole nitrogens is 1. The molecule has 1 aromatic heterocycles. The summed E-state index contributed by atoms with van der Waals surface area (Å²) in [5.41, 5.74) is 3.02. The lowest BCUT2D eigenvalue weighted by Gasteiger charge is -2.08. The molecule has 0 aliphatic heterocycles. The van der Waals surface area contributed by atoms with Crippen LogP contribution in [0.25, 0.3) is 10.9 Å². The van der Waals surface area contributed by atoms with Gasteiger partial charge in [0, 0.05) is 33.8 Å². The third-order valence-corrected chi connectivity index (χ3v) is 3.82. The first kappa shape index (κ1) is 12.2. The standard InChI is InChI=1S/C15H12BrFN2/c16-14-3-1-12(17)7-11(14)9-19-13-2-4-15-10(8-13)5-6-18-15/h1-8,18-19H,9H2. The van der Waals surface area contributed by atoms with E-state index in [2.05, 4.69) is 32.3 Å². The molecule has 0 spiro atoms. The summed E-state index contributed by atoms with van der Waals surface area (Å²) in [6, 6.07) is 12.8. The highest BCUT2D eigenvalue weighted by Crippen LogP contribution is 2.21. The molecule has 0 aliphatic carbocycles. The number of hydrogen-bond acceptors (Lipinski definition) is 1. The van der Waals surface area contributed by atoms with Gasteiger partial charge < -0.3 is 10.3 Å². The van der Waals surface area contributed by atoms with Gasteiger partial charge in [0.15, 0.2) is 0 Å². The maximum Gasteiger partial charge on any atom is 0.123 e. The van der Waals surface area contributed by atoms with Crippen LogP contribution in [0.4, 0.5) is 10.1 Å². The van der Waals surface area contributed by atoms with Gasteiger partial charge in [0.05, 0.1) is 0 Å². The molecule has 2 aromatic carbocycles. The molecular formula is C15H12BrFN2. The van der Waals surface area contributed by atoms with Crippen LogP contribution in [0.5, 0.6) is 0 Å². The largest absolute Gasteiger partial charge is 0.381 e. The van der Waals surface area contributed by atoms with E-state index >= 15 is 0 Å². The Labute approximate surface area is 118 Å². The van der Waals surface area contributed by atoms with Gasteiger partial charge in [-0.25, -0.2) is 4.39 Å². The van der Waals surface area contributed by atoms with Crippen LogP contribution < -0.4 is 5.32 Å². The molecule has 2 nitrogen and oxygen atoms in total. The Bertz CT molecular complexity index is 721. The summed E-state index contributed by atoms with van der Waals surface area (Å²) < 4.78 is 14.1. The minimum Gasteiger partial charge on any atom is -0.381 e. The van der Waals surface area contributed by atoms with Crippen molar-refractivity contribution < 1.29 is 4.39 Å². The first-order chi connectivity index (χ1) is 9.22. The second-order valence-corrected chi connectivity index (χ2v) is 5.22. The number of rotatable bonds is 3. The Morgan fingerprint density at radius 3 is 2.89 bits per heavy atom. The summed E-state index contributed by atoms with van der Waals surface area (Å²) in [5, 5.41) is 4.46. The van der Waals surface area contributed by atoms with Crippen LogP contribution in [0.3, 0.4) is 0 Å². The predicted molar refractivity (Wildman–Crippen MR) is 79.7 cm³/mol. The summed E-state index contributed by atoms with van der Waals surface area (Å²) >= 11 is 3.43. The van der Waals surface area contributed by atoms with Crippen LogP contribution in [-0.4, -0.2) is 4.98 Å². The quantitative estimate of drug-likeness (QED) is 0.721. The zero-order valence-electron chi connectivity index (χ0n) is 10.1. The lowest BCUT2D eigenvalue weighted by atomic mass is 10.2. The molecule has 3 rings (SSSR count). The molecule has 0 aliphatic rings. The van der Waals surface area contributed by atoms with Gasteiger partial charge in [-0.1, -0.05) is 15.9 Å². The first-order valence-electron chi connectivity index (χ1n) is 5.97. The van der Waals surface area contributed by atoms with Crippen molar-refractivity contribution in [2.45, 2.75) is 6.54 Å². The van der Waals surface area contributed by atoms with Gasteiger partial charge in [-0.15, -0.1) is 0 Å². The SMILES string of the molecule is Fc1ccc(Br)c(CNc2ccc3[nH]ccc3c2)c1. The lowest BCUT2D eigenvalue weighted by molar-refractivity contribution is 0.625. The van der Waals surface area contributed by atoms with Crippen molar-refractivity contribution in [3.63, 3.8) is 0 Å². The molecule has 0 unspecified atom stereocenters. The number of anilines is 1. The summed E-state index contributed by atoms with van der Waals surface area (Å²) in [6.07, 6.45) is 1.91. The van der Waals surface area contributed by atoms with Crippen LogP contribution in [-0.2, 0) is 6.54 Å². The van der Waals surface area contributed by atoms with E-state index < -0.39 is 0 Å². The van der Waals surface area contributed by atoms with Crippen LogP contribution in [0.1, 0.15) is 5.56 Å². The number of fused-ring (bicyclic) bond motifs is 1. The number of hydrogen-bond donors (Lipinski definition) is 2. The van der Waals surface area contributed by atoms with Gasteiger partial charge in [0.2, 0.25) is 0 Å². The molecule has 0 amide bonds. The van der Waals surface area contributed by atoms with Crippen molar-refractivity contribution in [3.05, 3.63) is 64.5 Å². The zero-order valence-corrected chi connectivity index (χ0v) is 11.7.